The third-order valence-electron chi connectivity index (χ3n) is 2.74. The second kappa shape index (κ2) is 7.20. The zero-order valence-electron chi connectivity index (χ0n) is 10.2. The molecule has 1 aromatic carbocycles. The Bertz CT molecular complexity index is 369. The largest absolute Gasteiger partial charge is 0.310 e. The van der Waals surface area contributed by atoms with Gasteiger partial charge in [0.05, 0.1) is 5.02 Å². The van der Waals surface area contributed by atoms with Crippen molar-refractivity contribution in [2.75, 3.05) is 6.54 Å². The third-order valence-corrected chi connectivity index (χ3v) is 3.35. The fourth-order valence-corrected chi connectivity index (χ4v) is 2.22. The summed E-state index contributed by atoms with van der Waals surface area (Å²) in [7, 11) is 0. The smallest absolute Gasteiger partial charge is 0.142 e. The molecule has 0 aliphatic rings. The van der Waals surface area contributed by atoms with E-state index in [-0.39, 0.29) is 11.1 Å². The lowest BCUT2D eigenvalue weighted by Gasteiger charge is -2.16. The summed E-state index contributed by atoms with van der Waals surface area (Å²) in [6, 6.07) is 2.89. The minimum atomic E-state index is -0.423. The molecular formula is C13H18Cl2FN. The van der Waals surface area contributed by atoms with Crippen molar-refractivity contribution in [3.8, 4) is 0 Å². The number of halogens is 3. The normalized spacial score (nSPS) is 12.8. The number of hydrogen-bond acceptors (Lipinski definition) is 1. The Morgan fingerprint density at radius 3 is 2.59 bits per heavy atom. The summed E-state index contributed by atoms with van der Waals surface area (Å²) < 4.78 is 13.3. The molecule has 0 aliphatic carbocycles. The highest BCUT2D eigenvalue weighted by Gasteiger charge is 2.12. The summed E-state index contributed by atoms with van der Waals surface area (Å²) in [6.07, 6.45) is 3.50. The highest BCUT2D eigenvalue weighted by Crippen LogP contribution is 2.28. The van der Waals surface area contributed by atoms with E-state index in [1.54, 1.807) is 0 Å². The van der Waals surface area contributed by atoms with Crippen LogP contribution >= 0.6 is 23.2 Å². The predicted octanol–water partition coefficient (Wildman–Crippen LogP) is 4.97. The van der Waals surface area contributed by atoms with Crippen LogP contribution in [0.1, 0.15) is 44.7 Å². The van der Waals surface area contributed by atoms with Gasteiger partial charge in [-0.05, 0) is 37.6 Å². The van der Waals surface area contributed by atoms with Crippen LogP contribution in [0.15, 0.2) is 12.1 Å². The quantitative estimate of drug-likeness (QED) is 0.572. The molecule has 0 saturated heterocycles. The molecule has 1 aromatic rings. The Kier molecular flexibility index (Phi) is 6.24. The summed E-state index contributed by atoms with van der Waals surface area (Å²) in [6.45, 7) is 5.05. The zero-order valence-corrected chi connectivity index (χ0v) is 11.7. The number of unbranched alkanes of at least 4 members (excludes halogenated alkanes) is 2. The number of benzene rings is 1. The third kappa shape index (κ3) is 4.46. The summed E-state index contributed by atoms with van der Waals surface area (Å²) in [5.41, 5.74) is 0.755. The minimum absolute atomic E-state index is 0.0334. The first-order chi connectivity index (χ1) is 8.06. The van der Waals surface area contributed by atoms with Crippen molar-refractivity contribution in [1.82, 2.24) is 5.32 Å². The van der Waals surface area contributed by atoms with Crippen LogP contribution in [0.2, 0.25) is 10.0 Å². The van der Waals surface area contributed by atoms with Crippen molar-refractivity contribution in [3.05, 3.63) is 33.6 Å². The van der Waals surface area contributed by atoms with E-state index in [0.717, 1.165) is 18.5 Å². The predicted molar refractivity (Wildman–Crippen MR) is 72.4 cm³/mol. The average Bonchev–Trinajstić information content (AvgIpc) is 2.29. The first-order valence-corrected chi connectivity index (χ1v) is 6.69. The lowest BCUT2D eigenvalue weighted by Crippen LogP contribution is -2.20. The van der Waals surface area contributed by atoms with Crippen molar-refractivity contribution in [3.63, 3.8) is 0 Å². The van der Waals surface area contributed by atoms with E-state index in [1.165, 1.54) is 25.0 Å². The maximum Gasteiger partial charge on any atom is 0.142 e. The lowest BCUT2D eigenvalue weighted by molar-refractivity contribution is 0.539. The Morgan fingerprint density at radius 1 is 1.24 bits per heavy atom. The van der Waals surface area contributed by atoms with Crippen molar-refractivity contribution in [2.45, 2.75) is 39.2 Å². The van der Waals surface area contributed by atoms with Crippen LogP contribution in [0.4, 0.5) is 4.39 Å². The van der Waals surface area contributed by atoms with Crippen molar-refractivity contribution in [1.29, 1.82) is 0 Å². The number of nitrogens with one attached hydrogen (secondary N) is 1. The average molecular weight is 278 g/mol. The first kappa shape index (κ1) is 14.7. The van der Waals surface area contributed by atoms with Crippen LogP contribution < -0.4 is 5.32 Å². The molecule has 1 N–H and O–H groups in total. The SMILES string of the molecule is CCCCCNC(C)c1cc(F)c(Cl)cc1Cl. The first-order valence-electron chi connectivity index (χ1n) is 5.94. The second-order valence-electron chi connectivity index (χ2n) is 4.17. The van der Waals surface area contributed by atoms with Crippen LogP contribution in [-0.2, 0) is 0 Å². The van der Waals surface area contributed by atoms with Gasteiger partial charge in [-0.15, -0.1) is 0 Å². The van der Waals surface area contributed by atoms with Crippen LogP contribution in [0.25, 0.3) is 0 Å². The molecule has 96 valence electrons. The molecule has 0 fully saturated rings. The fraction of sp³-hybridized carbons (Fsp3) is 0.538. The molecule has 1 atom stereocenters. The van der Waals surface area contributed by atoms with Crippen molar-refractivity contribution in [2.24, 2.45) is 0 Å². The Labute approximate surface area is 112 Å². The second-order valence-corrected chi connectivity index (χ2v) is 4.99. The molecule has 0 aliphatic heterocycles. The monoisotopic (exact) mass is 277 g/mol. The highest BCUT2D eigenvalue weighted by molar-refractivity contribution is 6.35. The fourth-order valence-electron chi connectivity index (χ4n) is 1.67. The van der Waals surface area contributed by atoms with Gasteiger partial charge in [0.15, 0.2) is 0 Å². The molecule has 0 bridgehead atoms. The molecule has 1 nitrogen and oxygen atoms in total. The zero-order chi connectivity index (χ0) is 12.8. The number of rotatable bonds is 6. The van der Waals surface area contributed by atoms with E-state index in [1.807, 2.05) is 6.92 Å². The maximum absolute atomic E-state index is 13.3. The van der Waals surface area contributed by atoms with Crippen molar-refractivity contribution < 1.29 is 4.39 Å². The summed E-state index contributed by atoms with van der Waals surface area (Å²) in [5.74, 6) is -0.423. The van der Waals surface area contributed by atoms with E-state index in [0.29, 0.717) is 5.02 Å². The Morgan fingerprint density at radius 2 is 1.94 bits per heavy atom. The molecule has 0 radical (unpaired) electrons. The van der Waals surface area contributed by atoms with Gasteiger partial charge in [0, 0.05) is 11.1 Å². The van der Waals surface area contributed by atoms with Gasteiger partial charge >= 0.3 is 0 Å². The van der Waals surface area contributed by atoms with E-state index >= 15 is 0 Å². The molecule has 0 amide bonds. The molecule has 0 aromatic heterocycles. The minimum Gasteiger partial charge on any atom is -0.310 e. The molecule has 1 unspecified atom stereocenters. The van der Waals surface area contributed by atoms with E-state index < -0.39 is 5.82 Å². The van der Waals surface area contributed by atoms with E-state index in [2.05, 4.69) is 12.2 Å². The van der Waals surface area contributed by atoms with Crippen molar-refractivity contribution >= 4 is 23.2 Å². The van der Waals surface area contributed by atoms with Gasteiger partial charge in [-0.25, -0.2) is 4.39 Å². The molecule has 0 saturated carbocycles. The molecule has 0 heterocycles. The molecule has 17 heavy (non-hydrogen) atoms. The maximum atomic E-state index is 13.3. The van der Waals surface area contributed by atoms with E-state index in [4.69, 9.17) is 23.2 Å². The number of hydrogen-bond donors (Lipinski definition) is 1. The van der Waals surface area contributed by atoms with Gasteiger partial charge < -0.3 is 5.32 Å². The van der Waals surface area contributed by atoms with Crippen LogP contribution in [0.3, 0.4) is 0 Å². The summed E-state index contributed by atoms with van der Waals surface area (Å²) >= 11 is 11.7. The van der Waals surface area contributed by atoms with Gasteiger partial charge in [0.2, 0.25) is 0 Å². The van der Waals surface area contributed by atoms with Crippen LogP contribution in [-0.4, -0.2) is 6.54 Å². The van der Waals surface area contributed by atoms with Gasteiger partial charge in [-0.2, -0.15) is 0 Å². The molecular weight excluding hydrogens is 260 g/mol. The van der Waals surface area contributed by atoms with Gasteiger partial charge in [-0.3, -0.25) is 0 Å². The van der Waals surface area contributed by atoms with Crippen LogP contribution in [0.5, 0.6) is 0 Å². The Balaban J connectivity index is 2.62. The standard InChI is InChI=1S/C13H18Cl2FN/c1-3-4-5-6-17-9(2)10-7-13(16)12(15)8-11(10)14/h7-9,17H,3-6H2,1-2H3. The lowest BCUT2D eigenvalue weighted by atomic mass is 10.1. The van der Waals surface area contributed by atoms with Gasteiger partial charge in [0.25, 0.3) is 0 Å². The molecule has 1 rings (SSSR count). The van der Waals surface area contributed by atoms with E-state index in [9.17, 15) is 4.39 Å². The van der Waals surface area contributed by atoms with Crippen LogP contribution in [0, 0.1) is 5.82 Å². The molecule has 4 heteroatoms. The Hall–Kier alpha value is -0.310. The summed E-state index contributed by atoms with van der Waals surface area (Å²) in [4.78, 5) is 0. The molecule has 0 spiro atoms. The highest BCUT2D eigenvalue weighted by atomic mass is 35.5. The topological polar surface area (TPSA) is 12.0 Å². The van der Waals surface area contributed by atoms with Gasteiger partial charge in [0.1, 0.15) is 5.82 Å². The summed E-state index contributed by atoms with van der Waals surface area (Å²) in [5, 5.41) is 3.90. The van der Waals surface area contributed by atoms with Gasteiger partial charge in [-0.1, -0.05) is 43.0 Å².